The third-order valence-corrected chi connectivity index (χ3v) is 3.44. The minimum atomic E-state index is -0.0751. The second-order valence-corrected chi connectivity index (χ2v) is 5.22. The van der Waals surface area contributed by atoms with Crippen molar-refractivity contribution in [1.29, 1.82) is 0 Å². The predicted molar refractivity (Wildman–Crippen MR) is 69.9 cm³/mol. The Morgan fingerprint density at radius 2 is 2.12 bits per heavy atom. The average Bonchev–Trinajstić information content (AvgIpc) is 2.17. The summed E-state index contributed by atoms with van der Waals surface area (Å²) in [5.41, 5.74) is -0.0751. The Morgan fingerprint density at radius 3 is 2.62 bits per heavy atom. The summed E-state index contributed by atoms with van der Waals surface area (Å²) in [7, 11) is 0. The number of hydrogen-bond donors (Lipinski definition) is 2. The molecular weight excluding hydrogens is 224 g/mol. The van der Waals surface area contributed by atoms with Crippen LogP contribution in [-0.4, -0.2) is 24.0 Å². The van der Waals surface area contributed by atoms with Gasteiger partial charge in [0.1, 0.15) is 0 Å². The number of hydrogen-bond acceptors (Lipinski definition) is 2. The summed E-state index contributed by atoms with van der Waals surface area (Å²) in [4.78, 5) is 12.0. The molecule has 0 aliphatic carbocycles. The molecule has 1 rings (SSSR count). The van der Waals surface area contributed by atoms with Gasteiger partial charge < -0.3 is 10.6 Å². The normalized spacial score (nSPS) is 25.8. The van der Waals surface area contributed by atoms with Crippen molar-refractivity contribution in [3.63, 3.8) is 0 Å². The molecule has 0 aromatic carbocycles. The highest BCUT2D eigenvalue weighted by molar-refractivity contribution is 5.85. The standard InChI is InChI=1S/C12H24N2O.ClH/c1-5-12(3,4)14-11(15)10-7-6-8-13-9(10)2;/h9-10,13H,5-8H2,1-4H3,(H,14,15);1H/t9-,10-;/m1./s1. The summed E-state index contributed by atoms with van der Waals surface area (Å²) in [6.45, 7) is 9.39. The molecule has 0 bridgehead atoms. The van der Waals surface area contributed by atoms with Crippen LogP contribution < -0.4 is 10.6 Å². The molecule has 0 aromatic rings. The molecule has 0 spiro atoms. The van der Waals surface area contributed by atoms with Gasteiger partial charge in [-0.2, -0.15) is 0 Å². The van der Waals surface area contributed by atoms with E-state index in [1.54, 1.807) is 0 Å². The van der Waals surface area contributed by atoms with E-state index in [2.05, 4.69) is 38.3 Å². The third kappa shape index (κ3) is 4.30. The lowest BCUT2D eigenvalue weighted by atomic mass is 9.90. The van der Waals surface area contributed by atoms with Crippen molar-refractivity contribution < 1.29 is 4.79 Å². The molecule has 1 amide bonds. The first-order valence-electron chi connectivity index (χ1n) is 6.01. The second-order valence-electron chi connectivity index (χ2n) is 5.22. The summed E-state index contributed by atoms with van der Waals surface area (Å²) < 4.78 is 0. The number of carbonyl (C=O) groups is 1. The van der Waals surface area contributed by atoms with Gasteiger partial charge in [0.15, 0.2) is 0 Å². The van der Waals surface area contributed by atoms with Crippen LogP contribution in [0, 0.1) is 5.92 Å². The number of amides is 1. The fourth-order valence-electron chi connectivity index (χ4n) is 1.92. The Kier molecular flexibility index (Phi) is 6.34. The monoisotopic (exact) mass is 248 g/mol. The summed E-state index contributed by atoms with van der Waals surface area (Å²) in [6.07, 6.45) is 3.09. The van der Waals surface area contributed by atoms with Crippen LogP contribution >= 0.6 is 12.4 Å². The van der Waals surface area contributed by atoms with Crippen LogP contribution in [0.2, 0.25) is 0 Å². The molecule has 2 atom stereocenters. The smallest absolute Gasteiger partial charge is 0.225 e. The number of carbonyl (C=O) groups excluding carboxylic acids is 1. The molecule has 0 unspecified atom stereocenters. The number of halogens is 1. The summed E-state index contributed by atoms with van der Waals surface area (Å²) in [5.74, 6) is 0.353. The number of rotatable bonds is 3. The van der Waals surface area contributed by atoms with Crippen LogP contribution in [-0.2, 0) is 4.79 Å². The lowest BCUT2D eigenvalue weighted by Crippen LogP contribution is -2.52. The Bertz CT molecular complexity index is 231. The first-order valence-corrected chi connectivity index (χ1v) is 6.01. The van der Waals surface area contributed by atoms with Gasteiger partial charge in [-0.25, -0.2) is 0 Å². The van der Waals surface area contributed by atoms with Gasteiger partial charge in [0.05, 0.1) is 5.92 Å². The molecule has 0 saturated carbocycles. The Morgan fingerprint density at radius 1 is 1.50 bits per heavy atom. The predicted octanol–water partition coefficient (Wildman–Crippen LogP) is 2.10. The topological polar surface area (TPSA) is 41.1 Å². The summed E-state index contributed by atoms with van der Waals surface area (Å²) in [5, 5.41) is 6.48. The zero-order valence-electron chi connectivity index (χ0n) is 10.8. The highest BCUT2D eigenvalue weighted by Gasteiger charge is 2.30. The van der Waals surface area contributed by atoms with Crippen LogP contribution in [0.4, 0.5) is 0 Å². The molecule has 96 valence electrons. The highest BCUT2D eigenvalue weighted by Crippen LogP contribution is 2.18. The van der Waals surface area contributed by atoms with Crippen molar-refractivity contribution in [3.05, 3.63) is 0 Å². The summed E-state index contributed by atoms with van der Waals surface area (Å²) >= 11 is 0. The third-order valence-electron chi connectivity index (χ3n) is 3.44. The van der Waals surface area contributed by atoms with Gasteiger partial charge in [-0.15, -0.1) is 12.4 Å². The van der Waals surface area contributed by atoms with Gasteiger partial charge >= 0.3 is 0 Å². The molecule has 2 N–H and O–H groups in total. The molecule has 1 aliphatic rings. The molecule has 1 fully saturated rings. The van der Waals surface area contributed by atoms with Gasteiger partial charge in [0.25, 0.3) is 0 Å². The van der Waals surface area contributed by atoms with Gasteiger partial charge in [-0.1, -0.05) is 6.92 Å². The van der Waals surface area contributed by atoms with Crippen molar-refractivity contribution in [3.8, 4) is 0 Å². The molecule has 0 radical (unpaired) electrons. The van der Waals surface area contributed by atoms with Gasteiger partial charge in [-0.05, 0) is 46.6 Å². The van der Waals surface area contributed by atoms with E-state index in [9.17, 15) is 4.79 Å². The van der Waals surface area contributed by atoms with E-state index < -0.39 is 0 Å². The molecule has 16 heavy (non-hydrogen) atoms. The van der Waals surface area contributed by atoms with E-state index in [4.69, 9.17) is 0 Å². The molecule has 3 nitrogen and oxygen atoms in total. The molecule has 4 heteroatoms. The van der Waals surface area contributed by atoms with E-state index in [1.807, 2.05) is 0 Å². The Hall–Kier alpha value is -0.280. The SMILES string of the molecule is CCC(C)(C)NC(=O)[C@@H]1CCCN[C@@H]1C.Cl. The fourth-order valence-corrected chi connectivity index (χ4v) is 1.92. The Balaban J connectivity index is 0.00000225. The van der Waals surface area contributed by atoms with Crippen molar-refractivity contribution in [1.82, 2.24) is 10.6 Å². The number of nitrogens with one attached hydrogen (secondary N) is 2. The first kappa shape index (κ1) is 15.7. The van der Waals surface area contributed by atoms with E-state index in [0.717, 1.165) is 25.8 Å². The molecule has 1 aliphatic heterocycles. The summed E-state index contributed by atoms with van der Waals surface area (Å²) in [6, 6.07) is 0.311. The van der Waals surface area contributed by atoms with Crippen molar-refractivity contribution in [2.45, 2.75) is 58.5 Å². The number of piperidine rings is 1. The fraction of sp³-hybridized carbons (Fsp3) is 0.917. The van der Waals surface area contributed by atoms with E-state index >= 15 is 0 Å². The minimum absolute atomic E-state index is 0. The van der Waals surface area contributed by atoms with Crippen LogP contribution in [0.1, 0.15) is 47.0 Å². The van der Waals surface area contributed by atoms with Crippen LogP contribution in [0.5, 0.6) is 0 Å². The highest BCUT2D eigenvalue weighted by atomic mass is 35.5. The van der Waals surface area contributed by atoms with Gasteiger partial charge in [0, 0.05) is 11.6 Å². The lowest BCUT2D eigenvalue weighted by Gasteiger charge is -2.33. The molecular formula is C12H25ClN2O. The second kappa shape index (κ2) is 6.45. The van der Waals surface area contributed by atoms with Crippen molar-refractivity contribution in [2.75, 3.05) is 6.54 Å². The lowest BCUT2D eigenvalue weighted by molar-refractivity contribution is -0.128. The zero-order valence-corrected chi connectivity index (χ0v) is 11.6. The van der Waals surface area contributed by atoms with E-state index in [-0.39, 0.29) is 29.8 Å². The average molecular weight is 249 g/mol. The maximum absolute atomic E-state index is 12.0. The van der Waals surface area contributed by atoms with E-state index in [0.29, 0.717) is 6.04 Å². The van der Waals surface area contributed by atoms with Crippen molar-refractivity contribution in [2.24, 2.45) is 5.92 Å². The van der Waals surface area contributed by atoms with Crippen LogP contribution in [0.25, 0.3) is 0 Å². The maximum atomic E-state index is 12.0. The first-order chi connectivity index (χ1) is 6.96. The molecule has 1 heterocycles. The van der Waals surface area contributed by atoms with Gasteiger partial charge in [-0.3, -0.25) is 4.79 Å². The zero-order chi connectivity index (χ0) is 11.5. The maximum Gasteiger partial charge on any atom is 0.225 e. The van der Waals surface area contributed by atoms with Crippen LogP contribution in [0.3, 0.4) is 0 Å². The molecule has 0 aromatic heterocycles. The Labute approximate surface area is 105 Å². The largest absolute Gasteiger partial charge is 0.351 e. The van der Waals surface area contributed by atoms with Crippen LogP contribution in [0.15, 0.2) is 0 Å². The van der Waals surface area contributed by atoms with Crippen molar-refractivity contribution >= 4 is 18.3 Å². The minimum Gasteiger partial charge on any atom is -0.351 e. The molecule has 1 saturated heterocycles. The van der Waals surface area contributed by atoms with Gasteiger partial charge in [0.2, 0.25) is 5.91 Å². The quantitative estimate of drug-likeness (QED) is 0.803. The van der Waals surface area contributed by atoms with E-state index in [1.165, 1.54) is 0 Å².